The number of thiophene rings is 1. The Morgan fingerprint density at radius 1 is 0.437 bits per heavy atom. The van der Waals surface area contributed by atoms with Crippen LogP contribution < -0.4 is 25.5 Å². The minimum absolute atomic E-state index is 0.0686. The van der Waals surface area contributed by atoms with Crippen molar-refractivity contribution in [1.82, 2.24) is 0 Å². The number of benzene rings is 5. The molecule has 4 heteroatoms. The largest absolute Gasteiger partial charge is 0.311 e. The second kappa shape index (κ2) is 13.9. The van der Waals surface area contributed by atoms with Gasteiger partial charge >= 0.3 is 0 Å². The van der Waals surface area contributed by atoms with E-state index in [0.29, 0.717) is 0 Å². The van der Waals surface area contributed by atoms with Crippen LogP contribution >= 0.6 is 11.3 Å². The van der Waals surface area contributed by atoms with Crippen molar-refractivity contribution in [3.63, 3.8) is 0 Å². The third-order valence-corrected chi connectivity index (χ3v) is 22.3. The van der Waals surface area contributed by atoms with Crippen LogP contribution in [0.25, 0.3) is 10.1 Å². The zero-order valence-corrected chi connectivity index (χ0v) is 47.5. The minimum atomic E-state index is -0.0919. The molecule has 0 radical (unpaired) electrons. The first-order valence-corrected chi connectivity index (χ1v) is 28.7. The first-order chi connectivity index (χ1) is 32.9. The summed E-state index contributed by atoms with van der Waals surface area (Å²) in [4.78, 5) is 5.59. The number of fused-ring (bicyclic) bond motifs is 14. The first-order valence-electron chi connectivity index (χ1n) is 27.8. The Morgan fingerprint density at radius 3 is 1.38 bits per heavy atom. The summed E-state index contributed by atoms with van der Waals surface area (Å²) in [5.41, 5.74) is 25.9. The van der Waals surface area contributed by atoms with Gasteiger partial charge in [0.05, 0.1) is 5.69 Å². The molecule has 368 valence electrons. The van der Waals surface area contributed by atoms with E-state index >= 15 is 0 Å². The molecule has 3 heterocycles. The van der Waals surface area contributed by atoms with Crippen molar-refractivity contribution >= 4 is 78.0 Å². The van der Waals surface area contributed by atoms with Crippen molar-refractivity contribution < 1.29 is 0 Å². The van der Waals surface area contributed by atoms with E-state index < -0.39 is 0 Å². The smallest absolute Gasteiger partial charge is 0.264 e. The summed E-state index contributed by atoms with van der Waals surface area (Å²) in [6.45, 7) is 42.6. The fraction of sp³-hybridized carbons (Fsp3) is 0.522. The molecule has 0 saturated heterocycles. The molecule has 6 aromatic rings. The van der Waals surface area contributed by atoms with Gasteiger partial charge in [0.2, 0.25) is 0 Å². The van der Waals surface area contributed by atoms with Crippen molar-refractivity contribution in [3.8, 4) is 0 Å². The van der Waals surface area contributed by atoms with Crippen LogP contribution in [-0.4, -0.2) is 6.71 Å². The van der Waals surface area contributed by atoms with Gasteiger partial charge in [0.1, 0.15) is 0 Å². The molecule has 0 spiro atoms. The highest BCUT2D eigenvalue weighted by Gasteiger charge is 2.54. The molecule has 2 unspecified atom stereocenters. The Bertz CT molecular complexity index is 3340. The fourth-order valence-electron chi connectivity index (χ4n) is 16.0. The Balaban J connectivity index is 1.18. The summed E-state index contributed by atoms with van der Waals surface area (Å²) >= 11 is 2.12. The van der Waals surface area contributed by atoms with Gasteiger partial charge < -0.3 is 9.80 Å². The van der Waals surface area contributed by atoms with Crippen LogP contribution in [0, 0.1) is 0 Å². The Kier molecular flexibility index (Phi) is 9.11. The molecule has 2 atom stereocenters. The van der Waals surface area contributed by atoms with Gasteiger partial charge in [-0.25, -0.2) is 0 Å². The van der Waals surface area contributed by atoms with Crippen LogP contribution in [0.1, 0.15) is 226 Å². The first kappa shape index (κ1) is 46.5. The van der Waals surface area contributed by atoms with Gasteiger partial charge in [0.15, 0.2) is 0 Å². The molecule has 2 aliphatic heterocycles. The third-order valence-electron chi connectivity index (χ3n) is 21.1. The normalized spacial score (nSPS) is 26.0. The molecular weight excluding hydrogens is 876 g/mol. The van der Waals surface area contributed by atoms with Crippen molar-refractivity contribution in [2.75, 3.05) is 9.80 Å². The highest BCUT2D eigenvalue weighted by molar-refractivity contribution is 7.33. The van der Waals surface area contributed by atoms with Crippen molar-refractivity contribution in [2.45, 2.75) is 224 Å². The van der Waals surface area contributed by atoms with E-state index in [-0.39, 0.29) is 55.4 Å². The zero-order chi connectivity index (χ0) is 50.3. The number of rotatable bonds is 2. The summed E-state index contributed by atoms with van der Waals surface area (Å²) in [7, 11) is 0. The SMILES string of the molecule is CC(C)(C)c1cc2c3c(c1)N(c1ccc4c(c1)C(C)(C)CCC4(C)C)c1c(sc4cc5c(cc14)C1(C)CCC5(C)C1)B3c1cc3c(cc1N2c1ccc2c(c1)C(C)(C)CCC2(C)C)C(C)(C)CCC3(C)C. The maximum absolute atomic E-state index is 2.81. The van der Waals surface area contributed by atoms with Crippen molar-refractivity contribution in [2.24, 2.45) is 0 Å². The van der Waals surface area contributed by atoms with Gasteiger partial charge in [0, 0.05) is 43.3 Å². The Labute approximate surface area is 432 Å². The number of hydrogen-bond acceptors (Lipinski definition) is 3. The van der Waals surface area contributed by atoms with Gasteiger partial charge in [0.25, 0.3) is 6.71 Å². The van der Waals surface area contributed by atoms with Crippen molar-refractivity contribution in [3.05, 3.63) is 123 Å². The van der Waals surface area contributed by atoms with Crippen LogP contribution in [0.15, 0.2) is 72.8 Å². The van der Waals surface area contributed by atoms with E-state index in [0.717, 1.165) is 0 Å². The summed E-state index contributed by atoms with van der Waals surface area (Å²) in [6.07, 6.45) is 11.1. The third kappa shape index (κ3) is 6.31. The summed E-state index contributed by atoms with van der Waals surface area (Å²) in [5, 5.41) is 1.45. The molecule has 0 amide bonds. The fourth-order valence-corrected chi connectivity index (χ4v) is 17.4. The van der Waals surface area contributed by atoms with E-state index in [4.69, 9.17) is 0 Å². The molecule has 13 rings (SSSR count). The predicted octanol–water partition coefficient (Wildman–Crippen LogP) is 17.0. The van der Waals surface area contributed by atoms with E-state index in [9.17, 15) is 0 Å². The van der Waals surface area contributed by atoms with E-state index in [1.807, 2.05) is 0 Å². The highest BCUT2D eigenvalue weighted by atomic mass is 32.1. The molecule has 2 bridgehead atoms. The molecule has 5 aliphatic carbocycles. The molecular formula is C67H81BN2S. The molecule has 5 aromatic carbocycles. The molecule has 1 saturated carbocycles. The van der Waals surface area contributed by atoms with Gasteiger partial charge in [-0.3, -0.25) is 0 Å². The maximum atomic E-state index is 2.81. The maximum Gasteiger partial charge on any atom is 0.264 e. The second-order valence-electron chi connectivity index (χ2n) is 30.0. The summed E-state index contributed by atoms with van der Waals surface area (Å²) < 4.78 is 2.98. The Morgan fingerprint density at radius 2 is 0.873 bits per heavy atom. The highest BCUT2D eigenvalue weighted by Crippen LogP contribution is 2.63. The van der Waals surface area contributed by atoms with Gasteiger partial charge in [-0.15, -0.1) is 11.3 Å². The predicted molar refractivity (Wildman–Crippen MR) is 309 cm³/mol. The van der Waals surface area contributed by atoms with Crippen LogP contribution in [0.3, 0.4) is 0 Å². The number of anilines is 6. The zero-order valence-electron chi connectivity index (χ0n) is 46.7. The second-order valence-corrected chi connectivity index (χ2v) is 31.1. The van der Waals surface area contributed by atoms with Crippen LogP contribution in [0.2, 0.25) is 0 Å². The standard InChI is InChI=1S/C67H81BN2S/c1-59(2,3)39-30-53-56-54(31-39)70(41-19-21-44-46(33-41)63(10,11)25-23-61(44,6)7)57-42-34-49-50(67(17)29-28-66(49,16)38-67)37-55(42)71-58(57)68(56)51-35-47-48(65(14,15)27-26-64(47,12)13)36-52(51)69(53)40-18-20-43-45(32-40)62(8,9)24-22-60(43,4)5/h18-21,30-37H,22-29,38H2,1-17H3. The van der Waals surface area contributed by atoms with E-state index in [1.165, 1.54) is 151 Å². The molecule has 0 N–H and O–H groups in total. The minimum Gasteiger partial charge on any atom is -0.311 e. The summed E-state index contributed by atoms with van der Waals surface area (Å²) in [6, 6.07) is 31.6. The van der Waals surface area contributed by atoms with E-state index in [2.05, 4.69) is 212 Å². The monoisotopic (exact) mass is 957 g/mol. The molecule has 1 aromatic heterocycles. The number of nitrogens with zero attached hydrogens (tertiary/aromatic N) is 2. The average Bonchev–Trinajstić information content (AvgIpc) is 3.90. The van der Waals surface area contributed by atoms with Crippen LogP contribution in [0.4, 0.5) is 34.1 Å². The molecule has 2 nitrogen and oxygen atoms in total. The van der Waals surface area contributed by atoms with Gasteiger partial charge in [-0.05, 0) is 222 Å². The lowest BCUT2D eigenvalue weighted by atomic mass is 9.35. The lowest BCUT2D eigenvalue weighted by Gasteiger charge is -2.48. The topological polar surface area (TPSA) is 6.48 Å². The van der Waals surface area contributed by atoms with E-state index in [1.54, 1.807) is 16.7 Å². The van der Waals surface area contributed by atoms with Crippen LogP contribution in [-0.2, 0) is 48.7 Å². The molecule has 1 fully saturated rings. The van der Waals surface area contributed by atoms with Crippen LogP contribution in [0.5, 0.6) is 0 Å². The summed E-state index contributed by atoms with van der Waals surface area (Å²) in [5.74, 6) is 0. The quantitative estimate of drug-likeness (QED) is 0.159. The van der Waals surface area contributed by atoms with Crippen molar-refractivity contribution in [1.29, 1.82) is 0 Å². The number of hydrogen-bond donors (Lipinski definition) is 0. The Hall–Kier alpha value is -4.28. The average molecular weight is 957 g/mol. The van der Waals surface area contributed by atoms with Gasteiger partial charge in [-0.2, -0.15) is 0 Å². The lowest BCUT2D eigenvalue weighted by Crippen LogP contribution is -2.61. The lowest BCUT2D eigenvalue weighted by molar-refractivity contribution is 0.332. The molecule has 71 heavy (non-hydrogen) atoms. The van der Waals surface area contributed by atoms with Gasteiger partial charge in [-0.1, -0.05) is 136 Å². The molecule has 7 aliphatic rings.